The average molecular weight is 289 g/mol. The highest BCUT2D eigenvalue weighted by Crippen LogP contribution is 2.29. The van der Waals surface area contributed by atoms with Crippen LogP contribution in [0.3, 0.4) is 0 Å². The first-order valence-electron chi connectivity index (χ1n) is 8.31. The number of pyridine rings is 1. The number of hydrogen-bond donors (Lipinski definition) is 0. The van der Waals surface area contributed by atoms with E-state index in [1.165, 1.54) is 47.8 Å². The molecule has 0 bridgehead atoms. The Labute approximate surface area is 133 Å². The number of nitrogens with zero attached hydrogens (tertiary/aromatic N) is 1. The molecule has 0 saturated carbocycles. The first-order valence-corrected chi connectivity index (χ1v) is 8.31. The molecule has 1 aromatic heterocycles. The molecule has 0 aliphatic rings. The van der Waals surface area contributed by atoms with E-state index in [-0.39, 0.29) is 0 Å². The van der Waals surface area contributed by atoms with E-state index in [1.807, 2.05) is 12.3 Å². The van der Waals surface area contributed by atoms with Gasteiger partial charge in [0.1, 0.15) is 0 Å². The normalized spacial score (nSPS) is 11.0. The fourth-order valence-corrected chi connectivity index (χ4v) is 2.99. The van der Waals surface area contributed by atoms with E-state index in [9.17, 15) is 0 Å². The van der Waals surface area contributed by atoms with Gasteiger partial charge in [-0.3, -0.25) is 4.98 Å². The van der Waals surface area contributed by atoms with Crippen LogP contribution in [0.25, 0.3) is 22.0 Å². The van der Waals surface area contributed by atoms with E-state index in [0.717, 1.165) is 11.9 Å². The maximum Gasteiger partial charge on any atom is 0.0780 e. The van der Waals surface area contributed by atoms with E-state index in [4.69, 9.17) is 0 Å². The quantitative estimate of drug-likeness (QED) is 0.505. The molecule has 0 aliphatic heterocycles. The molecule has 0 amide bonds. The molecule has 0 aliphatic carbocycles. The Hall–Kier alpha value is -2.15. The second-order valence-electron chi connectivity index (χ2n) is 5.90. The summed E-state index contributed by atoms with van der Waals surface area (Å²) in [5.74, 6) is 0. The Balaban J connectivity index is 1.98. The van der Waals surface area contributed by atoms with Crippen LogP contribution in [0.15, 0.2) is 60.8 Å². The predicted molar refractivity (Wildman–Crippen MR) is 95.0 cm³/mol. The van der Waals surface area contributed by atoms with Gasteiger partial charge in [-0.25, -0.2) is 0 Å². The zero-order valence-corrected chi connectivity index (χ0v) is 13.3. The standard InChI is InChI=1S/C21H23N/c1-2-3-4-6-10-17-15-19-13-9-14-22-21(19)20(16-17)18-11-7-5-8-12-18/h5,7-9,11-16H,2-4,6,10H2,1H3. The summed E-state index contributed by atoms with van der Waals surface area (Å²) in [6, 6.07) is 19.4. The van der Waals surface area contributed by atoms with E-state index in [0.29, 0.717) is 0 Å². The van der Waals surface area contributed by atoms with Crippen molar-refractivity contribution in [1.82, 2.24) is 4.98 Å². The molecular formula is C21H23N. The van der Waals surface area contributed by atoms with Crippen LogP contribution in [0.2, 0.25) is 0 Å². The largest absolute Gasteiger partial charge is 0.256 e. The lowest BCUT2D eigenvalue weighted by Gasteiger charge is -2.10. The van der Waals surface area contributed by atoms with Crippen molar-refractivity contribution in [1.29, 1.82) is 0 Å². The first kappa shape index (κ1) is 14.8. The average Bonchev–Trinajstić information content (AvgIpc) is 2.59. The topological polar surface area (TPSA) is 12.9 Å². The van der Waals surface area contributed by atoms with Gasteiger partial charge in [-0.2, -0.15) is 0 Å². The highest BCUT2D eigenvalue weighted by atomic mass is 14.6. The van der Waals surface area contributed by atoms with Gasteiger partial charge in [-0.05, 0) is 42.2 Å². The molecule has 112 valence electrons. The molecule has 1 heterocycles. The van der Waals surface area contributed by atoms with Gasteiger partial charge in [0.25, 0.3) is 0 Å². The van der Waals surface area contributed by atoms with Crippen molar-refractivity contribution >= 4 is 10.9 Å². The third kappa shape index (κ3) is 3.36. The predicted octanol–water partition coefficient (Wildman–Crippen LogP) is 6.02. The molecule has 1 nitrogen and oxygen atoms in total. The fraction of sp³-hybridized carbons (Fsp3) is 0.286. The summed E-state index contributed by atoms with van der Waals surface area (Å²) in [7, 11) is 0. The Morgan fingerprint density at radius 1 is 0.864 bits per heavy atom. The molecular weight excluding hydrogens is 266 g/mol. The summed E-state index contributed by atoms with van der Waals surface area (Å²) in [6.07, 6.45) is 8.26. The van der Waals surface area contributed by atoms with E-state index >= 15 is 0 Å². The summed E-state index contributed by atoms with van der Waals surface area (Å²) in [5, 5.41) is 1.24. The monoisotopic (exact) mass is 289 g/mol. The number of hydrogen-bond acceptors (Lipinski definition) is 1. The number of fused-ring (bicyclic) bond motifs is 1. The van der Waals surface area contributed by atoms with Crippen LogP contribution < -0.4 is 0 Å². The van der Waals surface area contributed by atoms with Crippen LogP contribution in [0.4, 0.5) is 0 Å². The zero-order valence-electron chi connectivity index (χ0n) is 13.3. The molecule has 3 rings (SSSR count). The SMILES string of the molecule is CCCCCCc1cc(-c2ccccc2)c2ncccc2c1. The molecule has 0 saturated heterocycles. The van der Waals surface area contributed by atoms with Crippen molar-refractivity contribution in [2.24, 2.45) is 0 Å². The minimum absolute atomic E-state index is 1.10. The summed E-state index contributed by atoms with van der Waals surface area (Å²) in [4.78, 5) is 4.61. The van der Waals surface area contributed by atoms with Gasteiger partial charge in [0.15, 0.2) is 0 Å². The molecule has 0 unspecified atom stereocenters. The third-order valence-corrected chi connectivity index (χ3v) is 4.17. The van der Waals surface area contributed by atoms with Crippen molar-refractivity contribution in [3.63, 3.8) is 0 Å². The van der Waals surface area contributed by atoms with Crippen molar-refractivity contribution in [2.75, 3.05) is 0 Å². The number of rotatable bonds is 6. The fourth-order valence-electron chi connectivity index (χ4n) is 2.99. The van der Waals surface area contributed by atoms with Crippen LogP contribution >= 0.6 is 0 Å². The van der Waals surface area contributed by atoms with Crippen molar-refractivity contribution in [2.45, 2.75) is 39.0 Å². The molecule has 0 atom stereocenters. The van der Waals surface area contributed by atoms with Gasteiger partial charge in [-0.15, -0.1) is 0 Å². The maximum atomic E-state index is 4.61. The lowest BCUT2D eigenvalue weighted by atomic mass is 9.96. The Bertz CT molecular complexity index is 731. The van der Waals surface area contributed by atoms with Gasteiger partial charge >= 0.3 is 0 Å². The Kier molecular flexibility index (Phi) is 4.85. The van der Waals surface area contributed by atoms with Gasteiger partial charge < -0.3 is 0 Å². The third-order valence-electron chi connectivity index (χ3n) is 4.17. The van der Waals surface area contributed by atoms with Crippen LogP contribution in [0.1, 0.15) is 38.2 Å². The van der Waals surface area contributed by atoms with Gasteiger partial charge in [0.05, 0.1) is 5.52 Å². The minimum Gasteiger partial charge on any atom is -0.256 e. The Morgan fingerprint density at radius 2 is 1.73 bits per heavy atom. The van der Waals surface area contributed by atoms with Crippen LogP contribution in [0.5, 0.6) is 0 Å². The molecule has 1 heteroatoms. The van der Waals surface area contributed by atoms with Crippen LogP contribution in [-0.4, -0.2) is 4.98 Å². The van der Waals surface area contributed by atoms with E-state index in [2.05, 4.69) is 60.4 Å². The Morgan fingerprint density at radius 3 is 2.55 bits per heavy atom. The molecule has 0 N–H and O–H groups in total. The number of unbranched alkanes of at least 4 members (excludes halogenated alkanes) is 3. The molecule has 0 radical (unpaired) electrons. The summed E-state index contributed by atoms with van der Waals surface area (Å²) >= 11 is 0. The minimum atomic E-state index is 1.10. The van der Waals surface area contributed by atoms with Gasteiger partial charge in [0, 0.05) is 17.1 Å². The highest BCUT2D eigenvalue weighted by molar-refractivity contribution is 5.94. The lowest BCUT2D eigenvalue weighted by molar-refractivity contribution is 0.667. The number of benzene rings is 2. The second kappa shape index (κ2) is 7.22. The van der Waals surface area contributed by atoms with Crippen molar-refractivity contribution < 1.29 is 0 Å². The van der Waals surface area contributed by atoms with E-state index in [1.54, 1.807) is 0 Å². The lowest BCUT2D eigenvalue weighted by Crippen LogP contribution is -1.91. The maximum absolute atomic E-state index is 4.61. The number of aromatic nitrogens is 1. The van der Waals surface area contributed by atoms with Crippen molar-refractivity contribution in [3.8, 4) is 11.1 Å². The summed E-state index contributed by atoms with van der Waals surface area (Å²) in [5.41, 5.74) is 5.03. The molecule has 22 heavy (non-hydrogen) atoms. The molecule has 0 fully saturated rings. The zero-order chi connectivity index (χ0) is 15.2. The first-order chi connectivity index (χ1) is 10.9. The molecule has 0 spiro atoms. The smallest absolute Gasteiger partial charge is 0.0780 e. The van der Waals surface area contributed by atoms with E-state index < -0.39 is 0 Å². The van der Waals surface area contributed by atoms with Gasteiger partial charge in [0.2, 0.25) is 0 Å². The summed E-state index contributed by atoms with van der Waals surface area (Å²) in [6.45, 7) is 2.26. The van der Waals surface area contributed by atoms with Crippen LogP contribution in [0, 0.1) is 0 Å². The highest BCUT2D eigenvalue weighted by Gasteiger charge is 2.07. The van der Waals surface area contributed by atoms with Crippen molar-refractivity contribution in [3.05, 3.63) is 66.4 Å². The summed E-state index contributed by atoms with van der Waals surface area (Å²) < 4.78 is 0. The van der Waals surface area contributed by atoms with Crippen LogP contribution in [-0.2, 0) is 6.42 Å². The number of aryl methyl sites for hydroxylation is 1. The molecule has 3 aromatic rings. The molecule has 2 aromatic carbocycles. The second-order valence-corrected chi connectivity index (χ2v) is 5.90. The van der Waals surface area contributed by atoms with Gasteiger partial charge in [-0.1, -0.05) is 62.6 Å².